The Morgan fingerprint density at radius 3 is 2.17 bits per heavy atom. The third kappa shape index (κ3) is 7.05. The molecule has 1 N–H and O–H groups in total. The minimum Gasteiger partial charge on any atom is -0.342 e. The van der Waals surface area contributed by atoms with Crippen molar-refractivity contribution in [3.05, 3.63) is 60.2 Å². The average Bonchev–Trinajstić information content (AvgIpc) is 3.61. The fraction of sp³-hybridized carbons (Fsp3) is 0.613. The number of carbonyl (C=O) groups is 1. The first kappa shape index (κ1) is 27.0. The molecule has 0 spiro atoms. The molecular weight excluding hydrogens is 462 g/mol. The molecule has 5 heteroatoms. The maximum Gasteiger partial charge on any atom is 0.233 e. The predicted octanol–water partition coefficient (Wildman–Crippen LogP) is 6.61. The van der Waals surface area contributed by atoms with Crippen molar-refractivity contribution in [2.45, 2.75) is 99.6 Å². The molecule has 2 fully saturated rings. The van der Waals surface area contributed by atoms with Crippen molar-refractivity contribution in [1.82, 2.24) is 10.2 Å². The van der Waals surface area contributed by atoms with Crippen molar-refractivity contribution in [2.75, 3.05) is 13.1 Å². The Labute approximate surface area is 222 Å². The van der Waals surface area contributed by atoms with Gasteiger partial charge in [-0.3, -0.25) is 9.69 Å². The van der Waals surface area contributed by atoms with Gasteiger partial charge < -0.3 is 5.32 Å². The van der Waals surface area contributed by atoms with Crippen molar-refractivity contribution in [3.8, 4) is 6.07 Å². The van der Waals surface area contributed by atoms with E-state index in [4.69, 9.17) is 5.26 Å². The van der Waals surface area contributed by atoms with E-state index in [0.717, 1.165) is 13.0 Å². The summed E-state index contributed by atoms with van der Waals surface area (Å²) in [7, 11) is 0. The number of hydrogen-bond donors (Lipinski definition) is 1. The third-order valence-electron chi connectivity index (χ3n) is 8.05. The topological polar surface area (TPSA) is 56.1 Å². The van der Waals surface area contributed by atoms with Gasteiger partial charge in [-0.05, 0) is 43.6 Å². The summed E-state index contributed by atoms with van der Waals surface area (Å²) in [6, 6.07) is 14.1. The number of nitriles is 1. The van der Waals surface area contributed by atoms with E-state index < -0.39 is 0 Å². The molecule has 0 radical (unpaired) electrons. The van der Waals surface area contributed by atoms with Crippen molar-refractivity contribution in [1.29, 1.82) is 5.26 Å². The average molecular weight is 506 g/mol. The van der Waals surface area contributed by atoms with Crippen LogP contribution in [0.25, 0.3) is 0 Å². The molecule has 2 saturated carbocycles. The lowest BCUT2D eigenvalue weighted by Crippen LogP contribution is -2.49. The van der Waals surface area contributed by atoms with Gasteiger partial charge in [0.2, 0.25) is 5.91 Å². The van der Waals surface area contributed by atoms with Gasteiger partial charge in [0.25, 0.3) is 0 Å². The van der Waals surface area contributed by atoms with Crippen LogP contribution in [0.2, 0.25) is 0 Å². The molecule has 36 heavy (non-hydrogen) atoms. The lowest BCUT2D eigenvalue weighted by atomic mass is 9.89. The number of carbonyl (C=O) groups excluding carboxylic acids is 1. The summed E-state index contributed by atoms with van der Waals surface area (Å²) in [5, 5.41) is 11.7. The molecule has 0 aliphatic heterocycles. The first-order valence-corrected chi connectivity index (χ1v) is 14.9. The second-order valence-corrected chi connectivity index (χ2v) is 12.8. The maximum absolute atomic E-state index is 13.2. The van der Waals surface area contributed by atoms with Gasteiger partial charge in [0.05, 0.1) is 16.1 Å². The van der Waals surface area contributed by atoms with Gasteiger partial charge in [-0.25, -0.2) is 0 Å². The first-order chi connectivity index (χ1) is 17.5. The Morgan fingerprint density at radius 1 is 1.06 bits per heavy atom. The highest BCUT2D eigenvalue weighted by atomic mass is 32.2. The van der Waals surface area contributed by atoms with Crippen molar-refractivity contribution >= 4 is 17.7 Å². The van der Waals surface area contributed by atoms with E-state index in [2.05, 4.69) is 84.8 Å². The van der Waals surface area contributed by atoms with Crippen LogP contribution in [0, 0.1) is 17.2 Å². The van der Waals surface area contributed by atoms with Crippen LogP contribution in [0.1, 0.15) is 83.1 Å². The second-order valence-electron chi connectivity index (χ2n) is 11.3. The number of nitrogens with one attached hydrogen (secondary N) is 1. The van der Waals surface area contributed by atoms with Crippen molar-refractivity contribution < 1.29 is 4.79 Å². The van der Waals surface area contributed by atoms with Crippen LogP contribution >= 0.6 is 11.8 Å². The van der Waals surface area contributed by atoms with Gasteiger partial charge in [-0.15, -0.1) is 11.8 Å². The molecule has 1 atom stereocenters. The molecule has 0 saturated heterocycles. The van der Waals surface area contributed by atoms with Gasteiger partial charge >= 0.3 is 0 Å². The molecule has 1 aromatic rings. The van der Waals surface area contributed by atoms with Crippen molar-refractivity contribution in [3.63, 3.8) is 0 Å². The summed E-state index contributed by atoms with van der Waals surface area (Å²) in [6.07, 6.45) is 20.9. The van der Waals surface area contributed by atoms with Gasteiger partial charge in [-0.2, -0.15) is 5.26 Å². The Bertz CT molecular complexity index is 908. The molecule has 1 amide bonds. The summed E-state index contributed by atoms with van der Waals surface area (Å²) in [5.74, 6) is 0.666. The zero-order valence-electron chi connectivity index (χ0n) is 22.1. The number of benzene rings is 1. The first-order valence-electron chi connectivity index (χ1n) is 14.0. The molecule has 4 rings (SSSR count). The van der Waals surface area contributed by atoms with E-state index in [1.54, 1.807) is 11.8 Å². The molecule has 194 valence electrons. The Hall–Kier alpha value is -2.03. The van der Waals surface area contributed by atoms with Gasteiger partial charge in [0.1, 0.15) is 6.54 Å². The smallest absolute Gasteiger partial charge is 0.233 e. The largest absolute Gasteiger partial charge is 0.342 e. The van der Waals surface area contributed by atoms with E-state index in [9.17, 15) is 4.79 Å². The monoisotopic (exact) mass is 505 g/mol. The summed E-state index contributed by atoms with van der Waals surface area (Å²) < 4.78 is -0.250. The predicted molar refractivity (Wildman–Crippen MR) is 151 cm³/mol. The van der Waals surface area contributed by atoms with Crippen LogP contribution < -0.4 is 5.32 Å². The van der Waals surface area contributed by atoms with E-state index in [0.29, 0.717) is 18.0 Å². The van der Waals surface area contributed by atoms with Gasteiger partial charge in [0.15, 0.2) is 0 Å². The van der Waals surface area contributed by atoms with Crippen LogP contribution in [-0.4, -0.2) is 46.0 Å². The minimum absolute atomic E-state index is 0.00473. The lowest BCUT2D eigenvalue weighted by molar-refractivity contribution is -0.120. The number of amides is 1. The molecule has 3 aliphatic carbocycles. The molecule has 1 unspecified atom stereocenters. The maximum atomic E-state index is 13.2. The summed E-state index contributed by atoms with van der Waals surface area (Å²) in [6.45, 7) is 5.39. The van der Waals surface area contributed by atoms with Crippen LogP contribution in [0.5, 0.6) is 0 Å². The van der Waals surface area contributed by atoms with Crippen molar-refractivity contribution in [2.24, 2.45) is 5.92 Å². The number of nitrogens with zero attached hydrogens (tertiary/aromatic N) is 2. The summed E-state index contributed by atoms with van der Waals surface area (Å²) in [4.78, 5) is 16.0. The Kier molecular flexibility index (Phi) is 9.73. The van der Waals surface area contributed by atoms with Crippen LogP contribution in [0.4, 0.5) is 0 Å². The molecule has 1 aromatic carbocycles. The van der Waals surface area contributed by atoms with Crippen LogP contribution in [0.15, 0.2) is 54.6 Å². The third-order valence-corrected chi connectivity index (χ3v) is 9.59. The molecule has 0 aromatic heterocycles. The quantitative estimate of drug-likeness (QED) is 0.272. The number of thioether (sulfide) groups is 1. The lowest BCUT2D eigenvalue weighted by Gasteiger charge is -2.43. The van der Waals surface area contributed by atoms with E-state index in [-0.39, 0.29) is 28.4 Å². The Balaban J connectivity index is 1.63. The van der Waals surface area contributed by atoms with E-state index >= 15 is 0 Å². The second kappa shape index (κ2) is 13.0. The highest BCUT2D eigenvalue weighted by Gasteiger charge is 2.40. The normalized spacial score (nSPS) is 25.5. The van der Waals surface area contributed by atoms with Crippen LogP contribution in [-0.2, 0) is 4.79 Å². The number of hydrogen-bond acceptors (Lipinski definition) is 4. The fourth-order valence-corrected chi connectivity index (χ4v) is 7.97. The molecule has 0 bridgehead atoms. The number of rotatable bonds is 11. The highest BCUT2D eigenvalue weighted by Crippen LogP contribution is 2.43. The zero-order valence-corrected chi connectivity index (χ0v) is 22.9. The van der Waals surface area contributed by atoms with Gasteiger partial charge in [0, 0.05) is 24.5 Å². The molecule has 4 nitrogen and oxygen atoms in total. The number of allylic oxidation sites excluding steroid dienone is 2. The molecule has 0 heterocycles. The summed E-state index contributed by atoms with van der Waals surface area (Å²) >= 11 is 1.81. The highest BCUT2D eigenvalue weighted by molar-refractivity contribution is 8.02. The summed E-state index contributed by atoms with van der Waals surface area (Å²) in [5.41, 5.74) is 1.30. The van der Waals surface area contributed by atoms with Gasteiger partial charge in [-0.1, -0.05) is 94.2 Å². The SMILES string of the molecule is CC(C)CC(SC1(CN(C2CCCC2)C2CCCC2)C=CC(c2ccccc2)C=C1)C(=O)NCC#N. The zero-order chi connectivity index (χ0) is 25.4. The molecular formula is C31H43N3OS. The fourth-order valence-electron chi connectivity index (χ4n) is 6.23. The van der Waals surface area contributed by atoms with E-state index in [1.165, 1.54) is 56.9 Å². The standard InChI is InChI=1S/C31H43N3OS/c1-24(2)22-29(30(35)33-21-20-32)36-31(18-16-26(17-19-31)25-10-4-3-5-11-25)23-34(27-12-6-7-13-27)28-14-8-9-15-28/h3-5,10-11,16-19,24,26-29H,6-9,12-15,21-23H2,1-2H3,(H,33,35). The van der Waals surface area contributed by atoms with Crippen LogP contribution in [0.3, 0.4) is 0 Å². The Morgan fingerprint density at radius 2 is 1.64 bits per heavy atom. The minimum atomic E-state index is -0.250. The molecule has 3 aliphatic rings. The van der Waals surface area contributed by atoms with E-state index in [1.807, 2.05) is 0 Å².